The molecule has 2 aromatic heterocycles. The Morgan fingerprint density at radius 1 is 0.348 bits per heavy atom. The van der Waals surface area contributed by atoms with E-state index in [1.54, 1.807) is 0 Å². The van der Waals surface area contributed by atoms with E-state index in [0.717, 1.165) is 61.4 Å². The predicted molar refractivity (Wildman–Crippen MR) is 291 cm³/mol. The lowest BCUT2D eigenvalue weighted by Gasteiger charge is -2.48. The minimum atomic E-state index is -0.122. The second kappa shape index (κ2) is 15.6. The molecule has 2 heterocycles. The molecule has 69 heavy (non-hydrogen) atoms. The van der Waals surface area contributed by atoms with Crippen molar-refractivity contribution in [1.82, 2.24) is 4.57 Å². The molecule has 10 aromatic carbocycles. The van der Waals surface area contributed by atoms with Gasteiger partial charge < -0.3 is 13.9 Å². The van der Waals surface area contributed by atoms with Gasteiger partial charge in [-0.25, -0.2) is 0 Å². The fraction of sp³-hybridized carbons (Fsp3) is 0.0909. The maximum atomic E-state index is 6.54. The van der Waals surface area contributed by atoms with Crippen molar-refractivity contribution >= 4 is 60.8 Å². The maximum Gasteiger partial charge on any atom is 0.143 e. The average molecular weight is 887 g/mol. The van der Waals surface area contributed by atoms with Crippen molar-refractivity contribution in [3.63, 3.8) is 0 Å². The van der Waals surface area contributed by atoms with Crippen LogP contribution in [0.25, 0.3) is 93.9 Å². The monoisotopic (exact) mass is 886 g/mol. The summed E-state index contributed by atoms with van der Waals surface area (Å²) >= 11 is 0. The minimum Gasteiger partial charge on any atom is -0.455 e. The Bertz CT molecular complexity index is 3930. The summed E-state index contributed by atoms with van der Waals surface area (Å²) in [5.74, 6) is 0. The van der Waals surface area contributed by atoms with Crippen LogP contribution >= 0.6 is 0 Å². The number of fused-ring (bicyclic) bond motifs is 9. The van der Waals surface area contributed by atoms with Crippen LogP contribution in [0.1, 0.15) is 38.8 Å². The van der Waals surface area contributed by atoms with Gasteiger partial charge in [0.1, 0.15) is 11.2 Å². The first-order valence-corrected chi connectivity index (χ1v) is 24.1. The lowest BCUT2D eigenvalue weighted by molar-refractivity contribution is 0.299. The molecule has 330 valence electrons. The molecule has 0 aliphatic heterocycles. The van der Waals surface area contributed by atoms with Gasteiger partial charge in [0.15, 0.2) is 0 Å². The molecule has 0 N–H and O–H groups in total. The van der Waals surface area contributed by atoms with E-state index in [4.69, 9.17) is 4.42 Å². The van der Waals surface area contributed by atoms with Crippen molar-refractivity contribution in [2.24, 2.45) is 0 Å². The highest BCUT2D eigenvalue weighted by Gasteiger charge is 2.46. The molecule has 13 rings (SSSR count). The smallest absolute Gasteiger partial charge is 0.143 e. The van der Waals surface area contributed by atoms with Gasteiger partial charge in [-0.15, -0.1) is 0 Å². The third-order valence-corrected chi connectivity index (χ3v) is 15.6. The lowest BCUT2D eigenvalue weighted by Crippen LogP contribution is -2.43. The van der Waals surface area contributed by atoms with E-state index in [-0.39, 0.29) is 10.8 Å². The molecule has 0 amide bonds. The van der Waals surface area contributed by atoms with Gasteiger partial charge in [0.2, 0.25) is 0 Å². The molecule has 1 aliphatic rings. The van der Waals surface area contributed by atoms with Gasteiger partial charge in [0, 0.05) is 49.9 Å². The van der Waals surface area contributed by atoms with Crippen molar-refractivity contribution in [3.05, 3.63) is 242 Å². The molecule has 0 radical (unpaired) electrons. The van der Waals surface area contributed by atoms with E-state index in [9.17, 15) is 0 Å². The molecule has 1 aliphatic carbocycles. The van der Waals surface area contributed by atoms with Crippen molar-refractivity contribution in [2.45, 2.75) is 38.5 Å². The van der Waals surface area contributed by atoms with Gasteiger partial charge in [-0.2, -0.15) is 0 Å². The zero-order valence-electron chi connectivity index (χ0n) is 39.2. The molecule has 0 fully saturated rings. The van der Waals surface area contributed by atoms with Gasteiger partial charge in [0.25, 0.3) is 0 Å². The quantitative estimate of drug-likeness (QED) is 0.159. The summed E-state index contributed by atoms with van der Waals surface area (Å²) in [6, 6.07) is 84.2. The number of hydrogen-bond donors (Lipinski definition) is 0. The number of nitrogens with zero attached hydrogens (tertiary/aromatic N) is 2. The molecule has 0 atom stereocenters. The molecule has 0 saturated carbocycles. The Morgan fingerprint density at radius 3 is 1.58 bits per heavy atom. The molecule has 3 nitrogen and oxygen atoms in total. The van der Waals surface area contributed by atoms with Crippen molar-refractivity contribution < 1.29 is 4.42 Å². The van der Waals surface area contributed by atoms with E-state index in [2.05, 4.69) is 262 Å². The number of anilines is 3. The van der Waals surface area contributed by atoms with Crippen LogP contribution in [-0.2, 0) is 10.8 Å². The second-order valence-corrected chi connectivity index (χ2v) is 19.7. The number of rotatable bonds is 7. The number of hydrogen-bond acceptors (Lipinski definition) is 2. The summed E-state index contributed by atoms with van der Waals surface area (Å²) in [5.41, 5.74) is 20.8. The standard InChI is InChI=1S/C66H50N2O/c1-65(2)59-24-13-11-20-53(59)54-37-36-51(42-60(54)66(65,3)4)67(49-32-26-44(27-33-49)43-16-7-5-8-17-43)50-34-28-45(29-35-50)46-30-38-61-57(40-46)58-41-47(31-39-62(58)68(61)48-18-9-6-10-19-48)52-22-15-23-56-55-21-12-14-25-63(55)69-64(52)56/h5-42H,1-4H3. The van der Waals surface area contributed by atoms with Crippen molar-refractivity contribution in [3.8, 4) is 50.2 Å². The summed E-state index contributed by atoms with van der Waals surface area (Å²) < 4.78 is 8.93. The van der Waals surface area contributed by atoms with Gasteiger partial charge in [0.05, 0.1) is 11.0 Å². The highest BCUT2D eigenvalue weighted by atomic mass is 16.3. The van der Waals surface area contributed by atoms with Crippen LogP contribution in [0.4, 0.5) is 17.1 Å². The predicted octanol–water partition coefficient (Wildman–Crippen LogP) is 18.4. The van der Waals surface area contributed by atoms with Crippen LogP contribution in [0.2, 0.25) is 0 Å². The summed E-state index contributed by atoms with van der Waals surface area (Å²) in [6.45, 7) is 9.63. The normalized spacial score (nSPS) is 13.7. The largest absolute Gasteiger partial charge is 0.455 e. The number of para-hydroxylation sites is 3. The van der Waals surface area contributed by atoms with Crippen LogP contribution in [0, 0.1) is 0 Å². The van der Waals surface area contributed by atoms with Gasteiger partial charge in [-0.05, 0) is 140 Å². The van der Waals surface area contributed by atoms with Crippen LogP contribution in [0.5, 0.6) is 0 Å². The molecular weight excluding hydrogens is 837 g/mol. The first-order chi connectivity index (χ1) is 33.7. The van der Waals surface area contributed by atoms with Crippen LogP contribution in [0.15, 0.2) is 235 Å². The van der Waals surface area contributed by atoms with E-state index in [0.29, 0.717) is 0 Å². The third-order valence-electron chi connectivity index (χ3n) is 15.6. The second-order valence-electron chi connectivity index (χ2n) is 19.7. The molecule has 0 bridgehead atoms. The van der Waals surface area contributed by atoms with Crippen LogP contribution < -0.4 is 4.90 Å². The fourth-order valence-corrected chi connectivity index (χ4v) is 11.2. The maximum absolute atomic E-state index is 6.54. The summed E-state index contributed by atoms with van der Waals surface area (Å²) in [5, 5.41) is 4.67. The van der Waals surface area contributed by atoms with Crippen LogP contribution in [-0.4, -0.2) is 4.57 Å². The van der Waals surface area contributed by atoms with Crippen LogP contribution in [0.3, 0.4) is 0 Å². The Labute approximate surface area is 403 Å². The number of aromatic nitrogens is 1. The van der Waals surface area contributed by atoms with E-state index in [1.807, 2.05) is 6.07 Å². The molecular formula is C66H50N2O. The first-order valence-electron chi connectivity index (χ1n) is 24.1. The van der Waals surface area contributed by atoms with Gasteiger partial charge >= 0.3 is 0 Å². The zero-order valence-corrected chi connectivity index (χ0v) is 39.2. The van der Waals surface area contributed by atoms with Gasteiger partial charge in [-0.1, -0.05) is 179 Å². The number of furan rings is 1. The minimum absolute atomic E-state index is 0.0718. The Balaban J connectivity index is 0.937. The average Bonchev–Trinajstić information content (AvgIpc) is 3.95. The summed E-state index contributed by atoms with van der Waals surface area (Å²) in [7, 11) is 0. The Kier molecular flexibility index (Phi) is 9.22. The summed E-state index contributed by atoms with van der Waals surface area (Å²) in [4.78, 5) is 2.42. The molecule has 12 aromatic rings. The molecule has 0 spiro atoms. The topological polar surface area (TPSA) is 21.3 Å². The molecule has 0 unspecified atom stereocenters. The Morgan fingerprint density at radius 2 is 0.855 bits per heavy atom. The third kappa shape index (κ3) is 6.41. The Hall–Kier alpha value is -8.40. The van der Waals surface area contributed by atoms with Gasteiger partial charge in [-0.3, -0.25) is 0 Å². The lowest BCUT2D eigenvalue weighted by atomic mass is 9.55. The first kappa shape index (κ1) is 40.8. The highest BCUT2D eigenvalue weighted by molar-refractivity contribution is 6.14. The molecule has 3 heteroatoms. The van der Waals surface area contributed by atoms with E-state index < -0.39 is 0 Å². The van der Waals surface area contributed by atoms with Crippen molar-refractivity contribution in [1.29, 1.82) is 0 Å². The highest BCUT2D eigenvalue weighted by Crippen LogP contribution is 2.55. The van der Waals surface area contributed by atoms with Crippen molar-refractivity contribution in [2.75, 3.05) is 4.90 Å². The fourth-order valence-electron chi connectivity index (χ4n) is 11.2. The number of benzene rings is 10. The zero-order chi connectivity index (χ0) is 46.4. The van der Waals surface area contributed by atoms with E-state index >= 15 is 0 Å². The SMILES string of the molecule is CC1(C)c2ccccc2-c2ccc(N(c3ccc(-c4ccccc4)cc3)c3ccc(-c4ccc5c(c4)c4cc(-c6cccc7c6oc6ccccc67)ccc4n5-c4ccccc4)cc3)cc2C1(C)C. The molecule has 0 saturated heterocycles. The summed E-state index contributed by atoms with van der Waals surface area (Å²) in [6.07, 6.45) is 0. The van der Waals surface area contributed by atoms with E-state index in [1.165, 1.54) is 60.8 Å².